The van der Waals surface area contributed by atoms with Crippen LogP contribution in [-0.4, -0.2) is 16.6 Å². The molecule has 20 heavy (non-hydrogen) atoms. The van der Waals surface area contributed by atoms with E-state index in [9.17, 15) is 0 Å². The van der Waals surface area contributed by atoms with Crippen molar-refractivity contribution in [2.75, 3.05) is 11.9 Å². The Balaban J connectivity index is 2.13. The molecule has 1 aromatic carbocycles. The number of rotatable bonds is 5. The molecule has 0 amide bonds. The fourth-order valence-corrected chi connectivity index (χ4v) is 2.55. The zero-order valence-corrected chi connectivity index (χ0v) is 13.3. The molecule has 1 heterocycles. The maximum absolute atomic E-state index is 5.62. The normalized spacial score (nSPS) is 10.1. The SMILES string of the molecule is CCOc1ccc(Nc2ccc(C(N)=S)c(Br)c2)cn1. The van der Waals surface area contributed by atoms with Crippen LogP contribution >= 0.6 is 28.1 Å². The third kappa shape index (κ3) is 3.68. The third-order valence-electron chi connectivity index (χ3n) is 2.55. The maximum Gasteiger partial charge on any atom is 0.213 e. The lowest BCUT2D eigenvalue weighted by Crippen LogP contribution is -2.10. The molecule has 0 radical (unpaired) electrons. The van der Waals surface area contributed by atoms with E-state index < -0.39 is 0 Å². The van der Waals surface area contributed by atoms with E-state index in [4.69, 9.17) is 22.7 Å². The topological polar surface area (TPSA) is 60.2 Å². The summed E-state index contributed by atoms with van der Waals surface area (Å²) >= 11 is 8.42. The minimum Gasteiger partial charge on any atom is -0.478 e. The average molecular weight is 352 g/mol. The Morgan fingerprint density at radius 2 is 2.10 bits per heavy atom. The number of aromatic nitrogens is 1. The largest absolute Gasteiger partial charge is 0.478 e. The van der Waals surface area contributed by atoms with Crippen LogP contribution < -0.4 is 15.8 Å². The van der Waals surface area contributed by atoms with Gasteiger partial charge in [-0.2, -0.15) is 0 Å². The number of halogens is 1. The lowest BCUT2D eigenvalue weighted by atomic mass is 10.2. The van der Waals surface area contributed by atoms with Crippen molar-refractivity contribution >= 4 is 44.5 Å². The van der Waals surface area contributed by atoms with Gasteiger partial charge < -0.3 is 15.8 Å². The minimum atomic E-state index is 0.367. The van der Waals surface area contributed by atoms with Crippen molar-refractivity contribution in [2.45, 2.75) is 6.92 Å². The van der Waals surface area contributed by atoms with Crippen LogP contribution in [0.3, 0.4) is 0 Å². The second-order valence-electron chi connectivity index (χ2n) is 4.00. The number of nitrogens with two attached hydrogens (primary N) is 1. The molecule has 3 N–H and O–H groups in total. The number of ether oxygens (including phenoxy) is 1. The van der Waals surface area contributed by atoms with Gasteiger partial charge in [0.05, 0.1) is 18.5 Å². The summed E-state index contributed by atoms with van der Waals surface area (Å²) in [4.78, 5) is 4.56. The summed E-state index contributed by atoms with van der Waals surface area (Å²) in [7, 11) is 0. The Morgan fingerprint density at radius 1 is 1.35 bits per heavy atom. The molecule has 4 nitrogen and oxygen atoms in total. The molecule has 0 spiro atoms. The fraction of sp³-hybridized carbons (Fsp3) is 0.143. The summed E-state index contributed by atoms with van der Waals surface area (Å²) in [6, 6.07) is 9.44. The van der Waals surface area contributed by atoms with Crippen molar-refractivity contribution in [3.63, 3.8) is 0 Å². The van der Waals surface area contributed by atoms with Crippen LogP contribution in [0, 0.1) is 0 Å². The van der Waals surface area contributed by atoms with Crippen LogP contribution in [0.15, 0.2) is 41.0 Å². The zero-order valence-electron chi connectivity index (χ0n) is 10.9. The molecule has 0 aliphatic rings. The number of nitrogens with one attached hydrogen (secondary N) is 1. The van der Waals surface area contributed by atoms with E-state index in [1.54, 1.807) is 6.20 Å². The maximum atomic E-state index is 5.62. The summed E-state index contributed by atoms with van der Waals surface area (Å²) < 4.78 is 6.15. The molecule has 2 aromatic rings. The number of pyridine rings is 1. The van der Waals surface area contributed by atoms with E-state index in [1.165, 1.54) is 0 Å². The van der Waals surface area contributed by atoms with Crippen molar-refractivity contribution in [3.05, 3.63) is 46.6 Å². The molecular weight excluding hydrogens is 338 g/mol. The summed E-state index contributed by atoms with van der Waals surface area (Å²) in [6.07, 6.45) is 1.72. The predicted molar refractivity (Wildman–Crippen MR) is 88.7 cm³/mol. The first-order valence-corrected chi connectivity index (χ1v) is 7.25. The molecule has 104 valence electrons. The van der Waals surface area contributed by atoms with Gasteiger partial charge in [0, 0.05) is 21.8 Å². The first-order valence-electron chi connectivity index (χ1n) is 6.05. The van der Waals surface area contributed by atoms with Crippen molar-refractivity contribution in [3.8, 4) is 5.88 Å². The Bertz CT molecular complexity index is 616. The second kappa shape index (κ2) is 6.67. The summed E-state index contributed by atoms with van der Waals surface area (Å²) in [6.45, 7) is 2.53. The van der Waals surface area contributed by atoms with Gasteiger partial charge in [-0.25, -0.2) is 4.98 Å². The van der Waals surface area contributed by atoms with Gasteiger partial charge in [0.1, 0.15) is 4.99 Å². The fourth-order valence-electron chi connectivity index (χ4n) is 1.65. The Hall–Kier alpha value is -1.66. The Morgan fingerprint density at radius 3 is 2.65 bits per heavy atom. The lowest BCUT2D eigenvalue weighted by molar-refractivity contribution is 0.327. The highest BCUT2D eigenvalue weighted by atomic mass is 79.9. The van der Waals surface area contributed by atoms with Crippen molar-refractivity contribution in [1.82, 2.24) is 4.98 Å². The van der Waals surface area contributed by atoms with E-state index >= 15 is 0 Å². The van der Waals surface area contributed by atoms with Gasteiger partial charge in [0.2, 0.25) is 5.88 Å². The number of hydrogen-bond acceptors (Lipinski definition) is 4. The minimum absolute atomic E-state index is 0.367. The van der Waals surface area contributed by atoms with E-state index in [-0.39, 0.29) is 0 Å². The molecule has 0 bridgehead atoms. The van der Waals surface area contributed by atoms with Crippen LogP contribution in [-0.2, 0) is 0 Å². The first-order chi connectivity index (χ1) is 9.60. The number of nitrogens with zero attached hydrogens (tertiary/aromatic N) is 1. The van der Waals surface area contributed by atoms with Crippen LogP contribution in [0.25, 0.3) is 0 Å². The molecule has 2 rings (SSSR count). The Kier molecular flexibility index (Phi) is 4.92. The molecule has 0 aliphatic carbocycles. The number of anilines is 2. The van der Waals surface area contributed by atoms with Crippen LogP contribution in [0.1, 0.15) is 12.5 Å². The number of benzene rings is 1. The molecule has 0 aliphatic heterocycles. The third-order valence-corrected chi connectivity index (χ3v) is 3.43. The van der Waals surface area contributed by atoms with Crippen LogP contribution in [0.2, 0.25) is 0 Å². The van der Waals surface area contributed by atoms with E-state index in [1.807, 2.05) is 37.3 Å². The van der Waals surface area contributed by atoms with Crippen molar-refractivity contribution in [1.29, 1.82) is 0 Å². The van der Waals surface area contributed by atoms with Gasteiger partial charge in [-0.15, -0.1) is 0 Å². The van der Waals surface area contributed by atoms with Crippen LogP contribution in [0.5, 0.6) is 5.88 Å². The highest BCUT2D eigenvalue weighted by Gasteiger charge is 2.04. The van der Waals surface area contributed by atoms with E-state index in [0.717, 1.165) is 21.4 Å². The molecule has 1 aromatic heterocycles. The van der Waals surface area contributed by atoms with Gasteiger partial charge in [-0.05, 0) is 47.1 Å². The van der Waals surface area contributed by atoms with E-state index in [0.29, 0.717) is 17.5 Å². The summed E-state index contributed by atoms with van der Waals surface area (Å²) in [5, 5.41) is 3.25. The van der Waals surface area contributed by atoms with Gasteiger partial charge in [-0.3, -0.25) is 0 Å². The van der Waals surface area contributed by atoms with Gasteiger partial charge >= 0.3 is 0 Å². The molecular formula is C14H14BrN3OS. The van der Waals surface area contributed by atoms with Gasteiger partial charge in [0.25, 0.3) is 0 Å². The summed E-state index contributed by atoms with van der Waals surface area (Å²) in [5.41, 5.74) is 8.23. The monoisotopic (exact) mass is 351 g/mol. The molecule has 0 saturated carbocycles. The molecule has 0 fully saturated rings. The Labute approximate surface area is 131 Å². The molecule has 0 saturated heterocycles. The lowest BCUT2D eigenvalue weighted by Gasteiger charge is -2.09. The van der Waals surface area contributed by atoms with E-state index in [2.05, 4.69) is 26.2 Å². The smallest absolute Gasteiger partial charge is 0.213 e. The molecule has 0 unspecified atom stereocenters. The van der Waals surface area contributed by atoms with Crippen molar-refractivity contribution in [2.24, 2.45) is 5.73 Å². The standard InChI is InChI=1S/C14H14BrN3OS/c1-2-19-13-6-4-10(8-17-13)18-9-3-5-11(14(16)20)12(15)7-9/h3-8,18H,2H2,1H3,(H2,16,20). The number of thiocarbonyl (C=S) groups is 1. The van der Waals surface area contributed by atoms with Crippen molar-refractivity contribution < 1.29 is 4.74 Å². The number of hydrogen-bond donors (Lipinski definition) is 2. The predicted octanol–water partition coefficient (Wildman–Crippen LogP) is 3.62. The second-order valence-corrected chi connectivity index (χ2v) is 5.30. The van der Waals surface area contributed by atoms with Crippen LogP contribution in [0.4, 0.5) is 11.4 Å². The highest BCUT2D eigenvalue weighted by Crippen LogP contribution is 2.24. The molecule has 6 heteroatoms. The average Bonchev–Trinajstić information content (AvgIpc) is 2.41. The zero-order chi connectivity index (χ0) is 14.5. The van der Waals surface area contributed by atoms with Gasteiger partial charge in [0.15, 0.2) is 0 Å². The molecule has 0 atom stereocenters. The highest BCUT2D eigenvalue weighted by molar-refractivity contribution is 9.10. The first kappa shape index (κ1) is 14.7. The quantitative estimate of drug-likeness (QED) is 0.805. The van der Waals surface area contributed by atoms with Gasteiger partial charge in [-0.1, -0.05) is 12.2 Å². The summed E-state index contributed by atoms with van der Waals surface area (Å²) in [5.74, 6) is 0.614.